The van der Waals surface area contributed by atoms with Crippen LogP contribution in [0, 0.1) is 0 Å². The van der Waals surface area contributed by atoms with E-state index in [1.165, 1.54) is 33.2 Å². The zero-order valence-electron chi connectivity index (χ0n) is 11.7. The maximum absolute atomic E-state index is 12.3. The second-order valence-electron chi connectivity index (χ2n) is 4.34. The molecule has 1 unspecified atom stereocenters. The molecule has 0 heterocycles. The average Bonchev–Trinajstić information content (AvgIpc) is 2.42. The van der Waals surface area contributed by atoms with Crippen molar-refractivity contribution in [3.63, 3.8) is 0 Å². The van der Waals surface area contributed by atoms with Crippen LogP contribution in [-0.4, -0.2) is 50.5 Å². The van der Waals surface area contributed by atoms with E-state index in [9.17, 15) is 18.0 Å². The van der Waals surface area contributed by atoms with Crippen molar-refractivity contribution >= 4 is 21.9 Å². The molecule has 9 heteroatoms. The Kier molecular flexibility index (Phi) is 4.92. The molecule has 0 aliphatic rings. The van der Waals surface area contributed by atoms with Crippen LogP contribution in [0.15, 0.2) is 23.1 Å². The molecule has 0 aromatic heterocycles. The lowest BCUT2D eigenvalue weighted by molar-refractivity contribution is -0.141. The van der Waals surface area contributed by atoms with Crippen LogP contribution in [-0.2, 0) is 14.8 Å². The molecule has 1 rings (SSSR count). The molecule has 1 aromatic carbocycles. The SMILES string of the molecule is COc1ccc(S(N)(=O)=O)cc1C(=O)N(C)C(C)C(=O)O. The van der Waals surface area contributed by atoms with Crippen LogP contribution >= 0.6 is 0 Å². The van der Waals surface area contributed by atoms with Gasteiger partial charge in [0, 0.05) is 7.05 Å². The number of sulfonamides is 1. The molecular formula is C12H16N2O6S. The molecule has 0 bridgehead atoms. The highest BCUT2D eigenvalue weighted by Gasteiger charge is 2.26. The maximum Gasteiger partial charge on any atom is 0.326 e. The van der Waals surface area contributed by atoms with E-state index in [2.05, 4.69) is 0 Å². The lowest BCUT2D eigenvalue weighted by Gasteiger charge is -2.22. The first-order valence-electron chi connectivity index (χ1n) is 5.80. The fraction of sp³-hybridized carbons (Fsp3) is 0.333. The minimum atomic E-state index is -3.99. The molecule has 116 valence electrons. The summed E-state index contributed by atoms with van der Waals surface area (Å²) < 4.78 is 27.7. The van der Waals surface area contributed by atoms with Gasteiger partial charge in [-0.1, -0.05) is 0 Å². The largest absolute Gasteiger partial charge is 0.496 e. The quantitative estimate of drug-likeness (QED) is 0.780. The van der Waals surface area contributed by atoms with Crippen molar-refractivity contribution in [3.05, 3.63) is 23.8 Å². The molecular weight excluding hydrogens is 300 g/mol. The van der Waals surface area contributed by atoms with Crippen molar-refractivity contribution in [3.8, 4) is 5.75 Å². The predicted molar refractivity (Wildman–Crippen MR) is 73.6 cm³/mol. The van der Waals surface area contributed by atoms with Gasteiger partial charge in [0.1, 0.15) is 11.8 Å². The van der Waals surface area contributed by atoms with E-state index in [1.807, 2.05) is 0 Å². The highest BCUT2D eigenvalue weighted by atomic mass is 32.2. The van der Waals surface area contributed by atoms with Crippen LogP contribution in [0.3, 0.4) is 0 Å². The zero-order chi connectivity index (χ0) is 16.4. The third-order valence-electron chi connectivity index (χ3n) is 2.99. The minimum Gasteiger partial charge on any atom is -0.496 e. The number of nitrogens with zero attached hydrogens (tertiary/aromatic N) is 1. The molecule has 8 nitrogen and oxygen atoms in total. The zero-order valence-corrected chi connectivity index (χ0v) is 12.5. The summed E-state index contributed by atoms with van der Waals surface area (Å²) in [4.78, 5) is 23.9. The van der Waals surface area contributed by atoms with E-state index in [4.69, 9.17) is 15.0 Å². The summed E-state index contributed by atoms with van der Waals surface area (Å²) in [6, 6.07) is 2.46. The molecule has 21 heavy (non-hydrogen) atoms. The van der Waals surface area contributed by atoms with Gasteiger partial charge in [0.15, 0.2) is 0 Å². The summed E-state index contributed by atoms with van der Waals surface area (Å²) in [5, 5.41) is 13.9. The molecule has 1 aromatic rings. The number of rotatable bonds is 5. The van der Waals surface area contributed by atoms with E-state index >= 15 is 0 Å². The van der Waals surface area contributed by atoms with Crippen molar-refractivity contribution in [2.45, 2.75) is 17.9 Å². The van der Waals surface area contributed by atoms with Crippen LogP contribution in [0.5, 0.6) is 5.75 Å². The number of amides is 1. The Hall–Kier alpha value is -2.13. The lowest BCUT2D eigenvalue weighted by atomic mass is 10.1. The Bertz CT molecular complexity index is 670. The second-order valence-corrected chi connectivity index (χ2v) is 5.90. The van der Waals surface area contributed by atoms with E-state index < -0.39 is 27.9 Å². The number of carboxylic acids is 1. The smallest absolute Gasteiger partial charge is 0.326 e. The van der Waals surface area contributed by atoms with Crippen LogP contribution in [0.4, 0.5) is 0 Å². The number of aliphatic carboxylic acids is 1. The summed E-state index contributed by atoms with van der Waals surface area (Å²) in [6.45, 7) is 1.33. The molecule has 1 amide bonds. The van der Waals surface area contributed by atoms with Crippen LogP contribution in [0.2, 0.25) is 0 Å². The number of hydrogen-bond acceptors (Lipinski definition) is 5. The fourth-order valence-corrected chi connectivity index (χ4v) is 2.10. The number of carbonyl (C=O) groups excluding carboxylic acids is 1. The summed E-state index contributed by atoms with van der Waals surface area (Å²) in [5.41, 5.74) is -0.0837. The van der Waals surface area contributed by atoms with Crippen molar-refractivity contribution in [1.29, 1.82) is 0 Å². The van der Waals surface area contributed by atoms with Crippen molar-refractivity contribution in [2.24, 2.45) is 5.14 Å². The monoisotopic (exact) mass is 316 g/mol. The molecule has 0 fully saturated rings. The van der Waals surface area contributed by atoms with Gasteiger partial charge in [-0.15, -0.1) is 0 Å². The molecule has 0 saturated heterocycles. The van der Waals surface area contributed by atoms with E-state index in [0.29, 0.717) is 0 Å². The van der Waals surface area contributed by atoms with Crippen LogP contribution < -0.4 is 9.88 Å². The van der Waals surface area contributed by atoms with Gasteiger partial charge in [0.25, 0.3) is 5.91 Å². The summed E-state index contributed by atoms with van der Waals surface area (Å²) in [7, 11) is -1.38. The highest BCUT2D eigenvalue weighted by Crippen LogP contribution is 2.23. The van der Waals surface area contributed by atoms with Gasteiger partial charge in [0.05, 0.1) is 17.6 Å². The van der Waals surface area contributed by atoms with Gasteiger partial charge in [0.2, 0.25) is 10.0 Å². The number of carboxylic acid groups (broad SMARTS) is 1. The first kappa shape index (κ1) is 16.9. The first-order chi connectivity index (χ1) is 9.59. The molecule has 1 atom stereocenters. The maximum atomic E-state index is 12.3. The van der Waals surface area contributed by atoms with Crippen molar-refractivity contribution in [1.82, 2.24) is 4.90 Å². The normalized spacial score (nSPS) is 12.6. The van der Waals surface area contributed by atoms with Gasteiger partial charge in [-0.25, -0.2) is 18.4 Å². The lowest BCUT2D eigenvalue weighted by Crippen LogP contribution is -2.40. The number of nitrogens with two attached hydrogens (primary N) is 1. The summed E-state index contributed by atoms with van der Waals surface area (Å²) in [5.74, 6) is -1.75. The summed E-state index contributed by atoms with van der Waals surface area (Å²) >= 11 is 0. The van der Waals surface area contributed by atoms with E-state index in [1.54, 1.807) is 0 Å². The van der Waals surface area contributed by atoms with Gasteiger partial charge >= 0.3 is 5.97 Å². The summed E-state index contributed by atoms with van der Waals surface area (Å²) in [6.07, 6.45) is 0. The number of methoxy groups -OCH3 is 1. The van der Waals surface area contributed by atoms with Crippen molar-refractivity contribution < 1.29 is 27.9 Å². The number of primary sulfonamides is 1. The van der Waals surface area contributed by atoms with Gasteiger partial charge in [-0.3, -0.25) is 4.79 Å². The van der Waals surface area contributed by atoms with Gasteiger partial charge in [-0.05, 0) is 25.1 Å². The van der Waals surface area contributed by atoms with Gasteiger partial charge < -0.3 is 14.7 Å². The Morgan fingerprint density at radius 3 is 2.38 bits per heavy atom. The molecule has 0 aliphatic heterocycles. The third kappa shape index (κ3) is 3.70. The minimum absolute atomic E-state index is 0.0837. The fourth-order valence-electron chi connectivity index (χ4n) is 1.56. The topological polar surface area (TPSA) is 127 Å². The molecule has 0 spiro atoms. The Morgan fingerprint density at radius 2 is 1.95 bits per heavy atom. The standard InChI is InChI=1S/C12H16N2O6S/c1-7(12(16)17)14(2)11(15)9-6-8(21(13,18)19)4-5-10(9)20-3/h4-7H,1-3H3,(H,16,17)(H2,13,18,19). The Labute approximate surface area is 122 Å². The molecule has 0 radical (unpaired) electrons. The van der Waals surface area contributed by atoms with Crippen LogP contribution in [0.25, 0.3) is 0 Å². The number of ether oxygens (including phenoxy) is 1. The number of benzene rings is 1. The highest BCUT2D eigenvalue weighted by molar-refractivity contribution is 7.89. The third-order valence-corrected chi connectivity index (χ3v) is 3.90. The van der Waals surface area contributed by atoms with Gasteiger partial charge in [-0.2, -0.15) is 0 Å². The average molecular weight is 316 g/mol. The molecule has 0 saturated carbocycles. The first-order valence-corrected chi connectivity index (χ1v) is 7.35. The van der Waals surface area contributed by atoms with Crippen molar-refractivity contribution in [2.75, 3.05) is 14.2 Å². The van der Waals surface area contributed by atoms with Crippen LogP contribution in [0.1, 0.15) is 17.3 Å². The Balaban J connectivity index is 3.33. The number of hydrogen-bond donors (Lipinski definition) is 2. The molecule has 3 N–H and O–H groups in total. The number of carbonyl (C=O) groups is 2. The predicted octanol–water partition coefficient (Wildman–Crippen LogP) is -0.112. The molecule has 0 aliphatic carbocycles. The number of likely N-dealkylation sites (N-methyl/N-ethyl adjacent to an activating group) is 1. The Morgan fingerprint density at radius 1 is 1.38 bits per heavy atom. The second kappa shape index (κ2) is 6.10. The van der Waals surface area contributed by atoms with E-state index in [0.717, 1.165) is 11.0 Å². The van der Waals surface area contributed by atoms with E-state index in [-0.39, 0.29) is 16.2 Å².